The maximum absolute atomic E-state index is 14.6. The fourth-order valence-electron chi connectivity index (χ4n) is 4.80. The summed E-state index contributed by atoms with van der Waals surface area (Å²) in [7, 11) is 1.54. The zero-order valence-corrected chi connectivity index (χ0v) is 19.4. The molecule has 1 saturated heterocycles. The molecule has 1 N–H and O–H groups in total. The summed E-state index contributed by atoms with van der Waals surface area (Å²) >= 11 is 0. The van der Waals surface area contributed by atoms with Crippen molar-refractivity contribution >= 4 is 22.9 Å². The molecule has 0 radical (unpaired) electrons. The zero-order chi connectivity index (χ0) is 25.0. The van der Waals surface area contributed by atoms with E-state index in [1.807, 2.05) is 4.90 Å². The Morgan fingerprint density at radius 2 is 1.97 bits per heavy atom. The lowest BCUT2D eigenvalue weighted by molar-refractivity contribution is -0.148. The van der Waals surface area contributed by atoms with E-state index < -0.39 is 28.8 Å². The molecule has 4 rings (SSSR count). The summed E-state index contributed by atoms with van der Waals surface area (Å²) in [6, 6.07) is 8.59. The molecular weight excluding hydrogens is 457 g/mol. The van der Waals surface area contributed by atoms with Gasteiger partial charge in [-0.3, -0.25) is 14.7 Å². The molecule has 0 bridgehead atoms. The fraction of sp³-hybridized carbons (Fsp3) is 0.333. The van der Waals surface area contributed by atoms with Crippen LogP contribution in [0, 0.1) is 22.9 Å². The van der Waals surface area contributed by atoms with Crippen molar-refractivity contribution in [3.05, 3.63) is 77.2 Å². The molecule has 2 heterocycles. The monoisotopic (exact) mass is 484 g/mol. The minimum atomic E-state index is -0.921. The van der Waals surface area contributed by atoms with Crippen LogP contribution in [-0.4, -0.2) is 47.7 Å². The standard InChI is InChI=1S/C27H27F3N2O3/c1-35-21-6-7-25-23(15-21)22(24(30)16-31-25)5-2-8-27(26(33)34)9-11-32(17-27)10-3-4-18-12-19(28)14-20(29)13-18/h3-4,6-7,12-16H,2,5,8-11,17H2,1H3,(H,33,34)/b4-3+. The summed E-state index contributed by atoms with van der Waals surface area (Å²) in [5.41, 5.74) is 0.659. The predicted octanol–water partition coefficient (Wildman–Crippen LogP) is 5.47. The van der Waals surface area contributed by atoms with E-state index in [9.17, 15) is 23.1 Å². The molecule has 1 aliphatic heterocycles. The topological polar surface area (TPSA) is 62.7 Å². The van der Waals surface area contributed by atoms with Gasteiger partial charge >= 0.3 is 5.97 Å². The number of carboxylic acids is 1. The number of aliphatic carboxylic acids is 1. The number of benzene rings is 2. The van der Waals surface area contributed by atoms with Crippen LogP contribution in [0.15, 0.2) is 48.7 Å². The number of nitrogens with zero attached hydrogens (tertiary/aromatic N) is 2. The van der Waals surface area contributed by atoms with Gasteiger partial charge in [0, 0.05) is 24.5 Å². The van der Waals surface area contributed by atoms with Gasteiger partial charge < -0.3 is 9.84 Å². The van der Waals surface area contributed by atoms with Gasteiger partial charge in [-0.25, -0.2) is 13.2 Å². The number of carboxylic acid groups (broad SMARTS) is 1. The molecule has 1 atom stereocenters. The number of methoxy groups -OCH3 is 1. The average Bonchev–Trinajstić information content (AvgIpc) is 3.24. The third kappa shape index (κ3) is 5.65. The first-order valence-electron chi connectivity index (χ1n) is 11.5. The SMILES string of the molecule is COc1ccc2ncc(F)c(CCCC3(C(=O)O)CCN(C/C=C/c4cc(F)cc(F)c4)C3)c2c1. The van der Waals surface area contributed by atoms with Gasteiger partial charge in [0.1, 0.15) is 23.2 Å². The second-order valence-corrected chi connectivity index (χ2v) is 9.00. The van der Waals surface area contributed by atoms with Crippen molar-refractivity contribution in [3.63, 3.8) is 0 Å². The van der Waals surface area contributed by atoms with Gasteiger partial charge in [0.05, 0.1) is 24.2 Å². The van der Waals surface area contributed by atoms with Gasteiger partial charge in [0.2, 0.25) is 0 Å². The molecule has 0 aliphatic carbocycles. The van der Waals surface area contributed by atoms with Crippen LogP contribution in [0.5, 0.6) is 5.75 Å². The van der Waals surface area contributed by atoms with E-state index >= 15 is 0 Å². The normalized spacial score (nSPS) is 18.5. The van der Waals surface area contributed by atoms with E-state index in [0.717, 1.165) is 6.07 Å². The maximum Gasteiger partial charge on any atom is 0.310 e. The molecule has 184 valence electrons. The van der Waals surface area contributed by atoms with E-state index in [2.05, 4.69) is 4.98 Å². The van der Waals surface area contributed by atoms with Crippen molar-refractivity contribution in [2.24, 2.45) is 5.41 Å². The van der Waals surface area contributed by atoms with Crippen molar-refractivity contribution in [2.45, 2.75) is 25.7 Å². The maximum atomic E-state index is 14.6. The number of aryl methyl sites for hydroxylation is 1. The van der Waals surface area contributed by atoms with Crippen molar-refractivity contribution in [1.82, 2.24) is 9.88 Å². The first-order chi connectivity index (χ1) is 16.8. The second kappa shape index (κ2) is 10.5. The second-order valence-electron chi connectivity index (χ2n) is 9.00. The highest BCUT2D eigenvalue weighted by Crippen LogP contribution is 2.37. The molecule has 8 heteroatoms. The third-order valence-electron chi connectivity index (χ3n) is 6.66. The number of ether oxygens (including phenoxy) is 1. The number of aromatic nitrogens is 1. The van der Waals surface area contributed by atoms with Crippen LogP contribution in [0.3, 0.4) is 0 Å². The minimum Gasteiger partial charge on any atom is -0.497 e. The molecule has 0 saturated carbocycles. The summed E-state index contributed by atoms with van der Waals surface area (Å²) < 4.78 is 46.6. The van der Waals surface area contributed by atoms with Gasteiger partial charge in [0.15, 0.2) is 0 Å². The smallest absolute Gasteiger partial charge is 0.310 e. The summed E-state index contributed by atoms with van der Waals surface area (Å²) in [6.07, 6.45) is 6.38. The van der Waals surface area contributed by atoms with Crippen LogP contribution in [0.2, 0.25) is 0 Å². The van der Waals surface area contributed by atoms with Crippen LogP contribution < -0.4 is 4.74 Å². The number of rotatable bonds is 9. The van der Waals surface area contributed by atoms with E-state index in [4.69, 9.17) is 4.74 Å². The van der Waals surface area contributed by atoms with Gasteiger partial charge in [-0.1, -0.05) is 12.2 Å². The Bertz CT molecular complexity index is 1240. The highest BCUT2D eigenvalue weighted by atomic mass is 19.1. The quantitative estimate of drug-likeness (QED) is 0.436. The molecule has 0 amide bonds. The molecule has 1 aliphatic rings. The van der Waals surface area contributed by atoms with E-state index in [0.29, 0.717) is 73.1 Å². The Labute approximate surface area is 201 Å². The molecule has 0 spiro atoms. The largest absolute Gasteiger partial charge is 0.497 e. The van der Waals surface area contributed by atoms with Crippen LogP contribution in [0.4, 0.5) is 13.2 Å². The molecule has 1 fully saturated rings. The number of carbonyl (C=O) groups is 1. The lowest BCUT2D eigenvalue weighted by atomic mass is 9.81. The van der Waals surface area contributed by atoms with Crippen molar-refractivity contribution < 1.29 is 27.8 Å². The highest BCUT2D eigenvalue weighted by Gasteiger charge is 2.43. The number of likely N-dealkylation sites (tertiary alicyclic amines) is 1. The Morgan fingerprint density at radius 3 is 2.69 bits per heavy atom. The summed E-state index contributed by atoms with van der Waals surface area (Å²) in [5, 5.41) is 10.7. The Balaban J connectivity index is 1.40. The lowest BCUT2D eigenvalue weighted by Crippen LogP contribution is -2.35. The summed E-state index contributed by atoms with van der Waals surface area (Å²) in [4.78, 5) is 18.4. The number of hydrogen-bond donors (Lipinski definition) is 1. The molecule has 2 aromatic carbocycles. The first-order valence-corrected chi connectivity index (χ1v) is 11.5. The highest BCUT2D eigenvalue weighted by molar-refractivity contribution is 5.83. The Kier molecular flexibility index (Phi) is 7.40. The van der Waals surface area contributed by atoms with Crippen LogP contribution in [0.25, 0.3) is 17.0 Å². The third-order valence-corrected chi connectivity index (χ3v) is 6.66. The van der Waals surface area contributed by atoms with E-state index in [1.165, 1.54) is 18.3 Å². The van der Waals surface area contributed by atoms with Crippen molar-refractivity contribution in [3.8, 4) is 5.75 Å². The molecule has 5 nitrogen and oxygen atoms in total. The Morgan fingerprint density at radius 1 is 1.20 bits per heavy atom. The number of halogens is 3. The van der Waals surface area contributed by atoms with Gasteiger partial charge in [0.25, 0.3) is 0 Å². The van der Waals surface area contributed by atoms with Crippen LogP contribution in [-0.2, 0) is 11.2 Å². The van der Waals surface area contributed by atoms with Crippen LogP contribution in [0.1, 0.15) is 30.4 Å². The first kappa shape index (κ1) is 24.7. The predicted molar refractivity (Wildman–Crippen MR) is 128 cm³/mol. The lowest BCUT2D eigenvalue weighted by Gasteiger charge is -2.24. The van der Waals surface area contributed by atoms with Gasteiger partial charge in [-0.2, -0.15) is 0 Å². The molecular formula is C27H27F3N2O3. The van der Waals surface area contributed by atoms with Crippen molar-refractivity contribution in [1.29, 1.82) is 0 Å². The molecule has 35 heavy (non-hydrogen) atoms. The number of pyridine rings is 1. The van der Waals surface area contributed by atoms with Crippen molar-refractivity contribution in [2.75, 3.05) is 26.7 Å². The average molecular weight is 485 g/mol. The molecule has 1 unspecified atom stereocenters. The van der Waals surface area contributed by atoms with Gasteiger partial charge in [-0.05, 0) is 73.7 Å². The van der Waals surface area contributed by atoms with E-state index in [1.54, 1.807) is 37.5 Å². The summed E-state index contributed by atoms with van der Waals surface area (Å²) in [6.45, 7) is 1.42. The number of hydrogen-bond acceptors (Lipinski definition) is 4. The van der Waals surface area contributed by atoms with Gasteiger partial charge in [-0.15, -0.1) is 0 Å². The van der Waals surface area contributed by atoms with Crippen LogP contribution >= 0.6 is 0 Å². The number of fused-ring (bicyclic) bond motifs is 1. The minimum absolute atomic E-state index is 0.359. The Hall–Kier alpha value is -3.39. The molecule has 1 aromatic heterocycles. The molecule has 3 aromatic rings. The fourth-order valence-corrected chi connectivity index (χ4v) is 4.80. The van der Waals surface area contributed by atoms with E-state index in [-0.39, 0.29) is 0 Å². The summed E-state index contributed by atoms with van der Waals surface area (Å²) in [5.74, 6) is -1.96. The zero-order valence-electron chi connectivity index (χ0n) is 19.4.